The summed E-state index contributed by atoms with van der Waals surface area (Å²) < 4.78 is 2.06. The maximum Gasteiger partial charge on any atom is 0.163 e. The van der Waals surface area contributed by atoms with Gasteiger partial charge in [0.25, 0.3) is 0 Å². The summed E-state index contributed by atoms with van der Waals surface area (Å²) in [4.78, 5) is 14.0. The van der Waals surface area contributed by atoms with Crippen molar-refractivity contribution in [3.8, 4) is 11.5 Å². The van der Waals surface area contributed by atoms with E-state index in [4.69, 9.17) is 9.97 Å². The Bertz CT molecular complexity index is 706. The Morgan fingerprint density at radius 3 is 2.45 bits per heavy atom. The Morgan fingerprint density at radius 2 is 1.82 bits per heavy atom. The molecule has 4 nitrogen and oxygen atoms in total. The molecular formula is C17H21ClN4. The molecule has 5 heteroatoms. The molecule has 0 saturated heterocycles. The fourth-order valence-corrected chi connectivity index (χ4v) is 2.41. The first-order valence-corrected chi connectivity index (χ1v) is 7.44. The molecule has 0 fully saturated rings. The number of fused-ring (bicyclic) bond motifs is 1. The highest BCUT2D eigenvalue weighted by molar-refractivity contribution is 5.85. The Morgan fingerprint density at radius 1 is 1.09 bits per heavy atom. The standard InChI is InChI=1S/C17H20N4.ClH/c1-4-21-11-18-14(10-13-8-6-5-7-9-13)15-17(21)20-16(19-15)12(2)3;/h5-9,11-12H,4,10H2,1-3H3;1H. The molecule has 116 valence electrons. The number of aryl methyl sites for hydroxylation is 1. The third-order valence-corrected chi connectivity index (χ3v) is 3.63. The number of benzene rings is 1. The van der Waals surface area contributed by atoms with Crippen molar-refractivity contribution in [1.29, 1.82) is 0 Å². The lowest BCUT2D eigenvalue weighted by Crippen LogP contribution is -2.07. The molecule has 1 aromatic carbocycles. The van der Waals surface area contributed by atoms with Crippen LogP contribution in [0.5, 0.6) is 0 Å². The van der Waals surface area contributed by atoms with Gasteiger partial charge in [0.1, 0.15) is 11.5 Å². The molecule has 0 spiro atoms. The lowest BCUT2D eigenvalue weighted by molar-refractivity contribution is 0.718. The lowest BCUT2D eigenvalue weighted by Gasteiger charge is -2.11. The summed E-state index contributed by atoms with van der Waals surface area (Å²) in [6.07, 6.45) is 2.66. The van der Waals surface area contributed by atoms with Gasteiger partial charge < -0.3 is 4.57 Å². The number of rotatable bonds is 4. The van der Waals surface area contributed by atoms with Gasteiger partial charge in [-0.1, -0.05) is 44.2 Å². The van der Waals surface area contributed by atoms with Gasteiger partial charge >= 0.3 is 0 Å². The van der Waals surface area contributed by atoms with E-state index in [-0.39, 0.29) is 12.4 Å². The second-order valence-electron chi connectivity index (χ2n) is 5.55. The van der Waals surface area contributed by atoms with Crippen molar-refractivity contribution in [2.45, 2.75) is 39.7 Å². The van der Waals surface area contributed by atoms with E-state index >= 15 is 0 Å². The molecule has 0 aliphatic carbocycles. The summed E-state index contributed by atoms with van der Waals surface area (Å²) in [5.74, 6) is 2.17. The van der Waals surface area contributed by atoms with E-state index in [1.165, 1.54) is 5.56 Å². The zero-order chi connectivity index (χ0) is 14.8. The minimum atomic E-state index is 0. The minimum Gasteiger partial charge on any atom is -0.315 e. The van der Waals surface area contributed by atoms with E-state index in [0.717, 1.165) is 36.0 Å². The number of hydrogen-bond donors (Lipinski definition) is 0. The number of nitrogens with zero attached hydrogens (tertiary/aromatic N) is 4. The molecule has 2 aliphatic rings. The predicted octanol–water partition coefficient (Wildman–Crippen LogP) is 3.93. The van der Waals surface area contributed by atoms with Crippen LogP contribution < -0.4 is 0 Å². The van der Waals surface area contributed by atoms with Gasteiger partial charge in [0.05, 0.1) is 12.0 Å². The highest BCUT2D eigenvalue weighted by Gasteiger charge is 2.20. The average Bonchev–Trinajstić information content (AvgIpc) is 2.94. The summed E-state index contributed by atoms with van der Waals surface area (Å²) in [6, 6.07) is 10.4. The smallest absolute Gasteiger partial charge is 0.163 e. The third kappa shape index (κ3) is 3.12. The number of aromatic nitrogens is 4. The first-order valence-electron chi connectivity index (χ1n) is 7.44. The van der Waals surface area contributed by atoms with Gasteiger partial charge in [-0.15, -0.1) is 12.4 Å². The summed E-state index contributed by atoms with van der Waals surface area (Å²) in [6.45, 7) is 7.19. The molecule has 22 heavy (non-hydrogen) atoms. The molecule has 1 aromatic rings. The largest absolute Gasteiger partial charge is 0.315 e. The summed E-state index contributed by atoms with van der Waals surface area (Å²) in [5.41, 5.74) is 3.18. The van der Waals surface area contributed by atoms with E-state index < -0.39 is 0 Å². The number of hydrogen-bond acceptors (Lipinski definition) is 3. The molecule has 0 N–H and O–H groups in total. The van der Waals surface area contributed by atoms with Crippen molar-refractivity contribution in [2.75, 3.05) is 0 Å². The van der Waals surface area contributed by atoms with Crippen LogP contribution in [-0.4, -0.2) is 19.5 Å². The predicted molar refractivity (Wildman–Crippen MR) is 90.7 cm³/mol. The molecule has 0 radical (unpaired) electrons. The van der Waals surface area contributed by atoms with Crippen molar-refractivity contribution in [3.63, 3.8) is 0 Å². The molecular weight excluding hydrogens is 296 g/mol. The molecule has 0 amide bonds. The van der Waals surface area contributed by atoms with E-state index in [1.54, 1.807) is 0 Å². The molecule has 0 atom stereocenters. The van der Waals surface area contributed by atoms with Crippen molar-refractivity contribution in [3.05, 3.63) is 53.7 Å². The Kier molecular flexibility index (Phi) is 5.14. The van der Waals surface area contributed by atoms with Crippen molar-refractivity contribution >= 4 is 12.4 Å². The quantitative estimate of drug-likeness (QED) is 0.732. The molecule has 0 saturated carbocycles. The van der Waals surface area contributed by atoms with Crippen LogP contribution in [0, 0.1) is 0 Å². The van der Waals surface area contributed by atoms with Crippen LogP contribution >= 0.6 is 12.4 Å². The van der Waals surface area contributed by atoms with Gasteiger partial charge in [-0.25, -0.2) is 15.0 Å². The first kappa shape index (κ1) is 16.4. The van der Waals surface area contributed by atoms with Crippen LogP contribution in [0.25, 0.3) is 11.5 Å². The Balaban J connectivity index is 0.00000176. The second-order valence-corrected chi connectivity index (χ2v) is 5.55. The third-order valence-electron chi connectivity index (χ3n) is 3.63. The Labute approximate surface area is 137 Å². The number of halogens is 1. The first-order chi connectivity index (χ1) is 10.2. The van der Waals surface area contributed by atoms with Gasteiger partial charge in [-0.05, 0) is 12.5 Å². The molecule has 3 rings (SSSR count). The molecule has 0 aromatic heterocycles. The fourth-order valence-electron chi connectivity index (χ4n) is 2.41. The zero-order valence-electron chi connectivity index (χ0n) is 13.2. The van der Waals surface area contributed by atoms with Gasteiger partial charge in [0, 0.05) is 18.9 Å². The van der Waals surface area contributed by atoms with E-state index in [1.807, 2.05) is 12.4 Å². The van der Waals surface area contributed by atoms with Crippen LogP contribution in [0.3, 0.4) is 0 Å². The van der Waals surface area contributed by atoms with Gasteiger partial charge in [-0.2, -0.15) is 0 Å². The topological polar surface area (TPSA) is 43.6 Å². The maximum atomic E-state index is 4.72. The van der Waals surface area contributed by atoms with E-state index in [2.05, 4.69) is 54.6 Å². The zero-order valence-corrected chi connectivity index (χ0v) is 14.0. The van der Waals surface area contributed by atoms with Crippen LogP contribution in [0.15, 0.2) is 36.7 Å². The van der Waals surface area contributed by atoms with Crippen LogP contribution in [0.1, 0.15) is 43.8 Å². The van der Waals surface area contributed by atoms with Crippen LogP contribution in [0.2, 0.25) is 0 Å². The number of imidazole rings is 1. The van der Waals surface area contributed by atoms with Gasteiger partial charge in [-0.3, -0.25) is 0 Å². The maximum absolute atomic E-state index is 4.72. The van der Waals surface area contributed by atoms with Crippen molar-refractivity contribution in [2.24, 2.45) is 0 Å². The van der Waals surface area contributed by atoms with E-state index in [9.17, 15) is 0 Å². The SMILES string of the molecule is CCn1cnc(Cc2ccccc2)c2nc(C(C)C)nc1-2.Cl. The molecule has 0 unspecified atom stereocenters. The van der Waals surface area contributed by atoms with E-state index in [0.29, 0.717) is 5.92 Å². The molecule has 2 aliphatic heterocycles. The monoisotopic (exact) mass is 316 g/mol. The van der Waals surface area contributed by atoms with Crippen LogP contribution in [0.4, 0.5) is 0 Å². The van der Waals surface area contributed by atoms with Crippen molar-refractivity contribution in [1.82, 2.24) is 19.5 Å². The van der Waals surface area contributed by atoms with Gasteiger partial charge in [0.2, 0.25) is 0 Å². The second kappa shape index (κ2) is 6.88. The normalized spacial score (nSPS) is 10.9. The highest BCUT2D eigenvalue weighted by atomic mass is 35.5. The summed E-state index contributed by atoms with van der Waals surface area (Å²) >= 11 is 0. The summed E-state index contributed by atoms with van der Waals surface area (Å²) in [7, 11) is 0. The minimum absolute atomic E-state index is 0. The Hall–Kier alpha value is -1.94. The molecule has 0 bridgehead atoms. The average molecular weight is 317 g/mol. The fraction of sp³-hybridized carbons (Fsp3) is 0.353. The molecule has 2 heterocycles. The lowest BCUT2D eigenvalue weighted by atomic mass is 10.1. The van der Waals surface area contributed by atoms with Crippen LogP contribution in [-0.2, 0) is 13.0 Å². The van der Waals surface area contributed by atoms with Crippen molar-refractivity contribution < 1.29 is 0 Å². The summed E-state index contributed by atoms with van der Waals surface area (Å²) in [5, 5.41) is 0. The van der Waals surface area contributed by atoms with Gasteiger partial charge in [0.15, 0.2) is 5.82 Å². The highest BCUT2D eigenvalue weighted by Crippen LogP contribution is 2.26.